The van der Waals surface area contributed by atoms with E-state index in [1.165, 1.54) is 32.1 Å². The Morgan fingerprint density at radius 1 is 1.36 bits per heavy atom. The molecule has 4 unspecified atom stereocenters. The van der Waals surface area contributed by atoms with Crippen LogP contribution in [-0.4, -0.2) is 23.3 Å². The monoisotopic (exact) mass is 199 g/mol. The molecule has 0 amide bonds. The fraction of sp³-hybridized carbons (Fsp3) is 1.00. The Morgan fingerprint density at radius 3 is 2.64 bits per heavy atom. The molecular formula is C12H25NO. The lowest BCUT2D eigenvalue weighted by atomic mass is 9.84. The van der Waals surface area contributed by atoms with Crippen LogP contribution in [0.1, 0.15) is 52.9 Å². The minimum atomic E-state index is -0.239. The molecule has 2 heteroatoms. The normalized spacial score (nSPS) is 32.6. The second-order valence-corrected chi connectivity index (χ2v) is 4.83. The lowest BCUT2D eigenvalue weighted by molar-refractivity contribution is 0.135. The molecule has 0 aromatic carbocycles. The molecule has 1 aliphatic carbocycles. The maximum absolute atomic E-state index is 9.41. The van der Waals surface area contributed by atoms with Gasteiger partial charge in [0.15, 0.2) is 0 Å². The number of rotatable bonds is 4. The lowest BCUT2D eigenvalue weighted by Crippen LogP contribution is -2.44. The summed E-state index contributed by atoms with van der Waals surface area (Å²) in [7, 11) is 0. The maximum atomic E-state index is 9.41. The van der Waals surface area contributed by atoms with Crippen LogP contribution >= 0.6 is 0 Å². The third kappa shape index (κ3) is 3.58. The van der Waals surface area contributed by atoms with E-state index in [1.54, 1.807) is 0 Å². The highest BCUT2D eigenvalue weighted by atomic mass is 16.3. The SMILES string of the molecule is CCC1CCCC(NC(C)C(C)O)C1. The molecule has 0 spiro atoms. The van der Waals surface area contributed by atoms with Crippen LogP contribution in [0, 0.1) is 5.92 Å². The van der Waals surface area contributed by atoms with E-state index in [4.69, 9.17) is 0 Å². The summed E-state index contributed by atoms with van der Waals surface area (Å²) in [6, 6.07) is 0.869. The van der Waals surface area contributed by atoms with E-state index in [0.717, 1.165) is 5.92 Å². The Balaban J connectivity index is 2.30. The van der Waals surface area contributed by atoms with Crippen LogP contribution < -0.4 is 5.32 Å². The van der Waals surface area contributed by atoms with E-state index in [-0.39, 0.29) is 12.1 Å². The van der Waals surface area contributed by atoms with Gasteiger partial charge < -0.3 is 10.4 Å². The summed E-state index contributed by atoms with van der Waals surface area (Å²) in [6.45, 7) is 6.21. The lowest BCUT2D eigenvalue weighted by Gasteiger charge is -2.32. The fourth-order valence-electron chi connectivity index (χ4n) is 2.32. The van der Waals surface area contributed by atoms with Crippen molar-refractivity contribution in [3.8, 4) is 0 Å². The van der Waals surface area contributed by atoms with Gasteiger partial charge in [0.1, 0.15) is 0 Å². The summed E-state index contributed by atoms with van der Waals surface area (Å²) in [4.78, 5) is 0. The first-order valence-electron chi connectivity index (χ1n) is 6.07. The van der Waals surface area contributed by atoms with E-state index in [2.05, 4.69) is 19.2 Å². The number of aliphatic hydroxyl groups excluding tert-OH is 1. The Labute approximate surface area is 88.1 Å². The van der Waals surface area contributed by atoms with Gasteiger partial charge in [0.25, 0.3) is 0 Å². The highest BCUT2D eigenvalue weighted by molar-refractivity contribution is 4.80. The van der Waals surface area contributed by atoms with Gasteiger partial charge in [-0.25, -0.2) is 0 Å². The third-order valence-corrected chi connectivity index (χ3v) is 3.58. The molecule has 0 aromatic heterocycles. The molecule has 1 fully saturated rings. The van der Waals surface area contributed by atoms with Gasteiger partial charge in [-0.1, -0.05) is 26.2 Å². The first-order chi connectivity index (χ1) is 6.63. The predicted octanol–water partition coefficient (Wildman–Crippen LogP) is 2.31. The summed E-state index contributed by atoms with van der Waals surface area (Å²) < 4.78 is 0. The van der Waals surface area contributed by atoms with E-state index in [1.807, 2.05) is 6.92 Å². The summed E-state index contributed by atoms with van der Waals surface area (Å²) in [6.07, 6.45) is 6.40. The Hall–Kier alpha value is -0.0800. The zero-order chi connectivity index (χ0) is 10.6. The van der Waals surface area contributed by atoms with E-state index < -0.39 is 0 Å². The van der Waals surface area contributed by atoms with Crippen LogP contribution in [0.3, 0.4) is 0 Å². The molecule has 84 valence electrons. The van der Waals surface area contributed by atoms with Gasteiger partial charge in [-0.3, -0.25) is 0 Å². The van der Waals surface area contributed by atoms with Crippen molar-refractivity contribution in [2.75, 3.05) is 0 Å². The van der Waals surface area contributed by atoms with Crippen molar-refractivity contribution in [2.45, 2.75) is 71.1 Å². The minimum absolute atomic E-state index is 0.232. The maximum Gasteiger partial charge on any atom is 0.0662 e. The van der Waals surface area contributed by atoms with Crippen LogP contribution in [-0.2, 0) is 0 Å². The molecule has 2 nitrogen and oxygen atoms in total. The van der Waals surface area contributed by atoms with Crippen LogP contribution in [0.4, 0.5) is 0 Å². The van der Waals surface area contributed by atoms with Crippen molar-refractivity contribution < 1.29 is 5.11 Å². The van der Waals surface area contributed by atoms with Crippen molar-refractivity contribution in [1.82, 2.24) is 5.32 Å². The zero-order valence-electron chi connectivity index (χ0n) is 9.79. The summed E-state index contributed by atoms with van der Waals surface area (Å²) in [5, 5.41) is 12.9. The zero-order valence-corrected chi connectivity index (χ0v) is 9.79. The molecule has 0 aliphatic heterocycles. The minimum Gasteiger partial charge on any atom is -0.392 e. The van der Waals surface area contributed by atoms with Crippen molar-refractivity contribution in [2.24, 2.45) is 5.92 Å². The van der Waals surface area contributed by atoms with Gasteiger partial charge >= 0.3 is 0 Å². The van der Waals surface area contributed by atoms with Gasteiger partial charge in [-0.2, -0.15) is 0 Å². The van der Waals surface area contributed by atoms with E-state index in [0.29, 0.717) is 6.04 Å². The molecule has 4 atom stereocenters. The number of nitrogens with one attached hydrogen (secondary N) is 1. The molecule has 0 radical (unpaired) electrons. The molecule has 0 bridgehead atoms. The van der Waals surface area contributed by atoms with Crippen molar-refractivity contribution in [3.05, 3.63) is 0 Å². The smallest absolute Gasteiger partial charge is 0.0662 e. The highest BCUT2D eigenvalue weighted by Crippen LogP contribution is 2.26. The Kier molecular flexibility index (Phi) is 4.90. The first-order valence-corrected chi connectivity index (χ1v) is 6.07. The second-order valence-electron chi connectivity index (χ2n) is 4.83. The molecule has 1 rings (SSSR count). The highest BCUT2D eigenvalue weighted by Gasteiger charge is 2.22. The van der Waals surface area contributed by atoms with Crippen LogP contribution in [0.2, 0.25) is 0 Å². The fourth-order valence-corrected chi connectivity index (χ4v) is 2.32. The third-order valence-electron chi connectivity index (χ3n) is 3.58. The second kappa shape index (κ2) is 5.72. The van der Waals surface area contributed by atoms with Crippen LogP contribution in [0.15, 0.2) is 0 Å². The van der Waals surface area contributed by atoms with Gasteiger partial charge in [-0.05, 0) is 32.6 Å². The summed E-state index contributed by atoms with van der Waals surface area (Å²) >= 11 is 0. The van der Waals surface area contributed by atoms with Crippen molar-refractivity contribution in [3.63, 3.8) is 0 Å². The van der Waals surface area contributed by atoms with Crippen molar-refractivity contribution >= 4 is 0 Å². The standard InChI is InChI=1S/C12H25NO/c1-4-11-6-5-7-12(8-11)13-9(2)10(3)14/h9-14H,4-8H2,1-3H3. The molecular weight excluding hydrogens is 174 g/mol. The quantitative estimate of drug-likeness (QED) is 0.728. The van der Waals surface area contributed by atoms with Gasteiger partial charge in [0.05, 0.1) is 6.10 Å². The molecule has 0 aromatic rings. The van der Waals surface area contributed by atoms with E-state index >= 15 is 0 Å². The predicted molar refractivity (Wildman–Crippen MR) is 60.3 cm³/mol. The molecule has 1 aliphatic rings. The van der Waals surface area contributed by atoms with Crippen LogP contribution in [0.25, 0.3) is 0 Å². The van der Waals surface area contributed by atoms with Gasteiger partial charge in [0.2, 0.25) is 0 Å². The average Bonchev–Trinajstić information content (AvgIpc) is 2.18. The molecule has 1 saturated carbocycles. The molecule has 0 heterocycles. The number of hydrogen-bond donors (Lipinski definition) is 2. The molecule has 2 N–H and O–H groups in total. The summed E-state index contributed by atoms with van der Waals surface area (Å²) in [5.41, 5.74) is 0. The summed E-state index contributed by atoms with van der Waals surface area (Å²) in [5.74, 6) is 0.905. The molecule has 0 saturated heterocycles. The van der Waals surface area contributed by atoms with Crippen LogP contribution in [0.5, 0.6) is 0 Å². The Morgan fingerprint density at radius 2 is 2.07 bits per heavy atom. The van der Waals surface area contributed by atoms with Gasteiger partial charge in [-0.15, -0.1) is 0 Å². The largest absolute Gasteiger partial charge is 0.392 e. The van der Waals surface area contributed by atoms with Gasteiger partial charge in [0, 0.05) is 12.1 Å². The first kappa shape index (κ1) is 12.0. The van der Waals surface area contributed by atoms with E-state index in [9.17, 15) is 5.11 Å². The Bertz CT molecular complexity index is 158. The number of hydrogen-bond acceptors (Lipinski definition) is 2. The molecule has 14 heavy (non-hydrogen) atoms. The van der Waals surface area contributed by atoms with Crippen molar-refractivity contribution in [1.29, 1.82) is 0 Å². The number of aliphatic hydroxyl groups is 1. The average molecular weight is 199 g/mol. The topological polar surface area (TPSA) is 32.3 Å².